The van der Waals surface area contributed by atoms with Crippen LogP contribution >= 0.6 is 15.9 Å². The number of carbonyl (C=O) groups is 1. The van der Waals surface area contributed by atoms with Crippen molar-refractivity contribution < 1.29 is 13.6 Å². The van der Waals surface area contributed by atoms with Gasteiger partial charge in [0.15, 0.2) is 0 Å². The summed E-state index contributed by atoms with van der Waals surface area (Å²) in [7, 11) is 1.48. The molecule has 0 atom stereocenters. The third kappa shape index (κ3) is 4.03. The van der Waals surface area contributed by atoms with Crippen molar-refractivity contribution in [1.82, 2.24) is 25.1 Å². The molecule has 112 valence electrons. The number of halogens is 3. The van der Waals surface area contributed by atoms with E-state index in [4.69, 9.17) is 0 Å². The van der Waals surface area contributed by atoms with Gasteiger partial charge in [-0.25, -0.2) is 18.7 Å². The van der Waals surface area contributed by atoms with Crippen molar-refractivity contribution in [2.24, 2.45) is 7.05 Å². The second kappa shape index (κ2) is 6.70. The van der Waals surface area contributed by atoms with Crippen LogP contribution in [0.4, 0.5) is 8.78 Å². The third-order valence-corrected chi connectivity index (χ3v) is 3.03. The zero-order valence-electron chi connectivity index (χ0n) is 11.1. The molecule has 0 bridgehead atoms. The molecule has 0 aliphatic carbocycles. The van der Waals surface area contributed by atoms with Crippen molar-refractivity contribution in [2.75, 3.05) is 6.54 Å². The van der Waals surface area contributed by atoms with Crippen LogP contribution < -0.4 is 5.32 Å². The lowest BCUT2D eigenvalue weighted by atomic mass is 10.2. The summed E-state index contributed by atoms with van der Waals surface area (Å²) in [6.07, 6.45) is 2.08. The molecule has 2 heterocycles. The maximum Gasteiger partial charge on any atom is 0.282 e. The SMILES string of the molecule is Cn1cc(C(=O)NCCc2ncc(Br)cn2)c(C(F)F)n1. The lowest BCUT2D eigenvalue weighted by Gasteiger charge is -2.04. The maximum absolute atomic E-state index is 12.7. The summed E-state index contributed by atoms with van der Waals surface area (Å²) in [5.41, 5.74) is -0.640. The molecule has 0 fully saturated rings. The molecule has 0 saturated heterocycles. The van der Waals surface area contributed by atoms with E-state index >= 15 is 0 Å². The Morgan fingerprint density at radius 1 is 1.43 bits per heavy atom. The minimum atomic E-state index is -2.79. The standard InChI is InChI=1S/C12H12BrF2N5O/c1-20-6-8(10(19-20)11(14)15)12(21)16-3-2-9-17-4-7(13)5-18-9/h4-6,11H,2-3H2,1H3,(H,16,21). The van der Waals surface area contributed by atoms with Crippen molar-refractivity contribution in [3.63, 3.8) is 0 Å². The highest BCUT2D eigenvalue weighted by Gasteiger charge is 2.22. The highest BCUT2D eigenvalue weighted by molar-refractivity contribution is 9.10. The maximum atomic E-state index is 12.7. The number of aryl methyl sites for hydroxylation is 1. The van der Waals surface area contributed by atoms with Gasteiger partial charge in [0.2, 0.25) is 0 Å². The van der Waals surface area contributed by atoms with Gasteiger partial charge in [-0.3, -0.25) is 9.48 Å². The Kier molecular flexibility index (Phi) is 4.94. The second-order valence-corrected chi connectivity index (χ2v) is 5.14. The Hall–Kier alpha value is -1.90. The van der Waals surface area contributed by atoms with Crippen molar-refractivity contribution in [3.8, 4) is 0 Å². The number of amides is 1. The molecule has 2 aromatic heterocycles. The van der Waals surface area contributed by atoms with Gasteiger partial charge in [-0.05, 0) is 15.9 Å². The van der Waals surface area contributed by atoms with Gasteiger partial charge in [0.05, 0.1) is 10.0 Å². The molecule has 21 heavy (non-hydrogen) atoms. The van der Waals surface area contributed by atoms with Crippen LogP contribution in [-0.4, -0.2) is 32.2 Å². The fraction of sp³-hybridized carbons (Fsp3) is 0.333. The molecule has 0 radical (unpaired) electrons. The first-order valence-corrected chi connectivity index (χ1v) is 6.83. The van der Waals surface area contributed by atoms with Gasteiger partial charge in [-0.15, -0.1) is 0 Å². The van der Waals surface area contributed by atoms with Gasteiger partial charge in [0, 0.05) is 38.6 Å². The first-order chi connectivity index (χ1) is 9.97. The molecule has 0 aliphatic rings. The van der Waals surface area contributed by atoms with Crippen LogP contribution in [0.15, 0.2) is 23.1 Å². The zero-order chi connectivity index (χ0) is 15.4. The number of hydrogen-bond donors (Lipinski definition) is 1. The van der Waals surface area contributed by atoms with E-state index in [-0.39, 0.29) is 12.1 Å². The van der Waals surface area contributed by atoms with Gasteiger partial charge in [-0.1, -0.05) is 0 Å². The molecule has 2 rings (SSSR count). The number of hydrogen-bond acceptors (Lipinski definition) is 4. The molecule has 0 aliphatic heterocycles. The van der Waals surface area contributed by atoms with Gasteiger partial charge in [-0.2, -0.15) is 5.10 Å². The minimum absolute atomic E-state index is 0.121. The summed E-state index contributed by atoms with van der Waals surface area (Å²) in [5, 5.41) is 6.14. The molecule has 0 unspecified atom stereocenters. The van der Waals surface area contributed by atoms with E-state index in [0.29, 0.717) is 12.2 Å². The Labute approximate surface area is 127 Å². The van der Waals surface area contributed by atoms with Crippen molar-refractivity contribution in [2.45, 2.75) is 12.8 Å². The largest absolute Gasteiger partial charge is 0.351 e. The van der Waals surface area contributed by atoms with Gasteiger partial charge in [0.25, 0.3) is 12.3 Å². The van der Waals surface area contributed by atoms with Crippen LogP contribution in [0.1, 0.15) is 28.3 Å². The third-order valence-electron chi connectivity index (χ3n) is 2.62. The van der Waals surface area contributed by atoms with Gasteiger partial charge >= 0.3 is 0 Å². The number of alkyl halides is 2. The topological polar surface area (TPSA) is 72.7 Å². The fourth-order valence-corrected chi connectivity index (χ4v) is 1.90. The second-order valence-electron chi connectivity index (χ2n) is 4.23. The molecule has 0 spiro atoms. The molecular formula is C12H12BrF2N5O. The molecule has 6 nitrogen and oxygen atoms in total. The Morgan fingerprint density at radius 3 is 2.71 bits per heavy atom. The number of nitrogens with zero attached hydrogens (tertiary/aromatic N) is 4. The van der Waals surface area contributed by atoms with Crippen LogP contribution in [0.25, 0.3) is 0 Å². The smallest absolute Gasteiger partial charge is 0.282 e. The highest BCUT2D eigenvalue weighted by Crippen LogP contribution is 2.20. The number of nitrogens with one attached hydrogen (secondary N) is 1. The van der Waals surface area contributed by atoms with Crippen molar-refractivity contribution in [3.05, 3.63) is 40.1 Å². The monoisotopic (exact) mass is 359 g/mol. The van der Waals surface area contributed by atoms with E-state index in [9.17, 15) is 13.6 Å². The summed E-state index contributed by atoms with van der Waals surface area (Å²) in [6.45, 7) is 0.248. The predicted octanol–water partition coefficient (Wildman–Crippen LogP) is 1.88. The lowest BCUT2D eigenvalue weighted by molar-refractivity contribution is 0.0939. The van der Waals surface area contributed by atoms with E-state index in [0.717, 1.165) is 4.47 Å². The van der Waals surface area contributed by atoms with Crippen LogP contribution in [0.3, 0.4) is 0 Å². The molecule has 0 aromatic carbocycles. The molecular weight excluding hydrogens is 348 g/mol. The normalized spacial score (nSPS) is 10.9. The van der Waals surface area contributed by atoms with Crippen LogP contribution in [-0.2, 0) is 13.5 Å². The van der Waals surface area contributed by atoms with Crippen molar-refractivity contribution in [1.29, 1.82) is 0 Å². The summed E-state index contributed by atoms with van der Waals surface area (Å²) in [4.78, 5) is 20.0. The van der Waals surface area contributed by atoms with Crippen LogP contribution in [0, 0.1) is 0 Å². The lowest BCUT2D eigenvalue weighted by Crippen LogP contribution is -2.26. The Balaban J connectivity index is 1.94. The molecule has 1 amide bonds. The summed E-state index contributed by atoms with van der Waals surface area (Å²) >= 11 is 3.22. The van der Waals surface area contributed by atoms with Gasteiger partial charge < -0.3 is 5.32 Å². The van der Waals surface area contributed by atoms with Crippen molar-refractivity contribution >= 4 is 21.8 Å². The number of aromatic nitrogens is 4. The van der Waals surface area contributed by atoms with Gasteiger partial charge in [0.1, 0.15) is 11.5 Å². The quantitative estimate of drug-likeness (QED) is 0.884. The van der Waals surface area contributed by atoms with Crippen LogP contribution in [0.5, 0.6) is 0 Å². The van der Waals surface area contributed by atoms with E-state index in [1.54, 1.807) is 12.4 Å². The molecule has 1 N–H and O–H groups in total. The summed E-state index contributed by atoms with van der Waals surface area (Å²) < 4.78 is 27.4. The van der Waals surface area contributed by atoms with Crippen LogP contribution in [0.2, 0.25) is 0 Å². The highest BCUT2D eigenvalue weighted by atomic mass is 79.9. The fourth-order valence-electron chi connectivity index (χ4n) is 1.69. The predicted molar refractivity (Wildman–Crippen MR) is 73.9 cm³/mol. The average Bonchev–Trinajstić information content (AvgIpc) is 2.83. The average molecular weight is 360 g/mol. The van der Waals surface area contributed by atoms with E-state index in [1.165, 1.54) is 17.9 Å². The molecule has 2 aromatic rings. The summed E-state index contributed by atoms with van der Waals surface area (Å²) in [5.74, 6) is -0.0331. The summed E-state index contributed by atoms with van der Waals surface area (Å²) in [6, 6.07) is 0. The van der Waals surface area contributed by atoms with E-state index in [2.05, 4.69) is 36.3 Å². The minimum Gasteiger partial charge on any atom is -0.351 e. The molecule has 9 heteroatoms. The first-order valence-electron chi connectivity index (χ1n) is 6.03. The van der Waals surface area contributed by atoms with E-state index in [1.807, 2.05) is 0 Å². The Bertz CT molecular complexity index is 629. The zero-order valence-corrected chi connectivity index (χ0v) is 12.6. The Morgan fingerprint density at radius 2 is 2.10 bits per heavy atom. The van der Waals surface area contributed by atoms with E-state index < -0.39 is 18.0 Å². The number of carbonyl (C=O) groups excluding carboxylic acids is 1. The number of rotatable bonds is 5. The first kappa shape index (κ1) is 15.5. The molecule has 0 saturated carbocycles.